The lowest BCUT2D eigenvalue weighted by molar-refractivity contribution is 0.174. The summed E-state index contributed by atoms with van der Waals surface area (Å²) in [7, 11) is 0. The van der Waals surface area contributed by atoms with Crippen LogP contribution in [0.2, 0.25) is 0 Å². The number of aromatic nitrogens is 2. The molecule has 0 saturated heterocycles. The Kier molecular flexibility index (Phi) is 2.69. The zero-order valence-corrected chi connectivity index (χ0v) is 5.80. The predicted molar refractivity (Wildman–Crippen MR) is 36.9 cm³/mol. The highest BCUT2D eigenvalue weighted by atomic mass is 35.5. The largest absolute Gasteiger partial charge is 0.423 e. The van der Waals surface area contributed by atoms with Gasteiger partial charge in [0.05, 0.1) is 0 Å². The van der Waals surface area contributed by atoms with Crippen molar-refractivity contribution in [1.29, 1.82) is 5.41 Å². The Morgan fingerprint density at radius 1 is 1.70 bits per heavy atom. The summed E-state index contributed by atoms with van der Waals surface area (Å²) in [5, 5.41) is 15.7. The second kappa shape index (κ2) is 3.07. The molecule has 56 valence electrons. The Bertz CT molecular complexity index is 270. The van der Waals surface area contributed by atoms with Gasteiger partial charge in [0.25, 0.3) is 0 Å². The molecule has 0 radical (unpaired) electrons. The SMILES string of the molecule is Cl.N=c1ccnc(N)n1O. The maximum atomic E-state index is 8.75. The molecule has 0 atom stereocenters. The van der Waals surface area contributed by atoms with Crippen LogP contribution >= 0.6 is 12.4 Å². The first-order valence-electron chi connectivity index (χ1n) is 2.29. The van der Waals surface area contributed by atoms with Crippen LogP contribution in [-0.2, 0) is 0 Å². The van der Waals surface area contributed by atoms with E-state index in [1.165, 1.54) is 12.3 Å². The topological polar surface area (TPSA) is 87.9 Å². The molecule has 5 nitrogen and oxygen atoms in total. The van der Waals surface area contributed by atoms with E-state index in [0.717, 1.165) is 0 Å². The molecule has 6 heteroatoms. The summed E-state index contributed by atoms with van der Waals surface area (Å²) in [5.74, 6) is -0.0810. The van der Waals surface area contributed by atoms with Crippen molar-refractivity contribution < 1.29 is 5.21 Å². The third kappa shape index (κ3) is 1.38. The van der Waals surface area contributed by atoms with Crippen molar-refractivity contribution in [2.45, 2.75) is 0 Å². The highest BCUT2D eigenvalue weighted by molar-refractivity contribution is 5.85. The Morgan fingerprint density at radius 2 is 2.30 bits per heavy atom. The molecule has 1 aromatic heterocycles. The van der Waals surface area contributed by atoms with Crippen LogP contribution in [0, 0.1) is 5.41 Å². The highest BCUT2D eigenvalue weighted by Gasteiger charge is 1.90. The molecule has 0 saturated carbocycles. The van der Waals surface area contributed by atoms with E-state index in [2.05, 4.69) is 4.98 Å². The van der Waals surface area contributed by atoms with Gasteiger partial charge in [0.15, 0.2) is 5.49 Å². The van der Waals surface area contributed by atoms with Crippen LogP contribution in [0.1, 0.15) is 0 Å². The highest BCUT2D eigenvalue weighted by Crippen LogP contribution is 1.83. The Balaban J connectivity index is 0.000000810. The van der Waals surface area contributed by atoms with Gasteiger partial charge in [0, 0.05) is 12.3 Å². The molecule has 1 rings (SSSR count). The molecule has 0 aliphatic carbocycles. The van der Waals surface area contributed by atoms with E-state index in [1.807, 2.05) is 0 Å². The van der Waals surface area contributed by atoms with Crippen molar-refractivity contribution in [3.8, 4) is 0 Å². The fourth-order valence-electron chi connectivity index (χ4n) is 0.433. The van der Waals surface area contributed by atoms with Crippen LogP contribution in [0.25, 0.3) is 0 Å². The maximum absolute atomic E-state index is 8.75. The lowest BCUT2D eigenvalue weighted by Gasteiger charge is -1.97. The van der Waals surface area contributed by atoms with E-state index in [0.29, 0.717) is 4.73 Å². The monoisotopic (exact) mass is 162 g/mol. The number of rotatable bonds is 0. The van der Waals surface area contributed by atoms with Gasteiger partial charge < -0.3 is 10.9 Å². The van der Waals surface area contributed by atoms with Crippen molar-refractivity contribution in [3.63, 3.8) is 0 Å². The van der Waals surface area contributed by atoms with Crippen LogP contribution in [0.5, 0.6) is 0 Å². The molecule has 10 heavy (non-hydrogen) atoms. The summed E-state index contributed by atoms with van der Waals surface area (Å²) in [6.07, 6.45) is 1.35. The van der Waals surface area contributed by atoms with Gasteiger partial charge in [0.2, 0.25) is 5.95 Å². The van der Waals surface area contributed by atoms with Crippen molar-refractivity contribution in [3.05, 3.63) is 17.8 Å². The standard InChI is InChI=1S/C4H6N4O.ClH/c5-3-1-2-7-4(6)8(3)9;/h1-2,5,9H,(H2,6,7);1H. The fourth-order valence-corrected chi connectivity index (χ4v) is 0.433. The molecule has 0 unspecified atom stereocenters. The third-order valence-corrected chi connectivity index (χ3v) is 0.884. The van der Waals surface area contributed by atoms with E-state index in [1.54, 1.807) is 0 Å². The number of hydrogen-bond donors (Lipinski definition) is 3. The molecule has 0 amide bonds. The number of nitrogen functional groups attached to an aromatic ring is 1. The number of nitrogens with two attached hydrogens (primary N) is 1. The van der Waals surface area contributed by atoms with Gasteiger partial charge in [-0.25, -0.2) is 4.98 Å². The minimum absolute atomic E-state index is 0. The zero-order chi connectivity index (χ0) is 6.85. The van der Waals surface area contributed by atoms with Crippen LogP contribution in [-0.4, -0.2) is 14.9 Å². The zero-order valence-electron chi connectivity index (χ0n) is 4.98. The summed E-state index contributed by atoms with van der Waals surface area (Å²) in [6.45, 7) is 0. The molecule has 0 aliphatic heterocycles. The second-order valence-corrected chi connectivity index (χ2v) is 1.50. The van der Waals surface area contributed by atoms with Crippen molar-refractivity contribution in [1.82, 2.24) is 9.71 Å². The molecule has 4 N–H and O–H groups in total. The first-order chi connectivity index (χ1) is 4.22. The van der Waals surface area contributed by atoms with Crippen molar-refractivity contribution in [2.75, 3.05) is 5.73 Å². The molecule has 0 spiro atoms. The average Bonchev–Trinajstić information content (AvgIpc) is 1.83. The lowest BCUT2D eigenvalue weighted by atomic mass is 10.6. The molecule has 0 fully saturated rings. The minimum Gasteiger partial charge on any atom is -0.423 e. The Morgan fingerprint density at radius 3 is 2.70 bits per heavy atom. The predicted octanol–water partition coefficient (Wildman–Crippen LogP) is -0.396. The summed E-state index contributed by atoms with van der Waals surface area (Å²) in [4.78, 5) is 3.51. The van der Waals surface area contributed by atoms with Crippen LogP contribution < -0.4 is 11.2 Å². The van der Waals surface area contributed by atoms with Crippen LogP contribution in [0.15, 0.2) is 12.3 Å². The van der Waals surface area contributed by atoms with Crippen LogP contribution in [0.3, 0.4) is 0 Å². The molecule has 0 bridgehead atoms. The molecule has 1 aromatic rings. The fraction of sp³-hybridized carbons (Fsp3) is 0. The minimum atomic E-state index is -0.0810. The van der Waals surface area contributed by atoms with Gasteiger partial charge in [-0.3, -0.25) is 5.41 Å². The van der Waals surface area contributed by atoms with Gasteiger partial charge in [-0.2, -0.15) is 0 Å². The van der Waals surface area contributed by atoms with Crippen LogP contribution in [0.4, 0.5) is 5.95 Å². The summed E-state index contributed by atoms with van der Waals surface area (Å²) < 4.78 is 0.500. The smallest absolute Gasteiger partial charge is 0.236 e. The van der Waals surface area contributed by atoms with E-state index >= 15 is 0 Å². The molecular weight excluding hydrogens is 156 g/mol. The summed E-state index contributed by atoms with van der Waals surface area (Å²) in [5.41, 5.74) is 5.02. The third-order valence-electron chi connectivity index (χ3n) is 0.884. The van der Waals surface area contributed by atoms with Gasteiger partial charge in [-0.15, -0.1) is 17.1 Å². The van der Waals surface area contributed by atoms with Crippen molar-refractivity contribution >= 4 is 18.4 Å². The average molecular weight is 163 g/mol. The number of nitrogens with zero attached hydrogens (tertiary/aromatic N) is 2. The van der Waals surface area contributed by atoms with E-state index in [9.17, 15) is 0 Å². The molecule has 1 heterocycles. The van der Waals surface area contributed by atoms with E-state index in [4.69, 9.17) is 16.4 Å². The summed E-state index contributed by atoms with van der Waals surface area (Å²) >= 11 is 0. The van der Waals surface area contributed by atoms with Gasteiger partial charge >= 0.3 is 0 Å². The number of nitrogens with one attached hydrogen (secondary N) is 1. The number of hydrogen-bond acceptors (Lipinski definition) is 4. The molecule has 0 aliphatic rings. The van der Waals surface area contributed by atoms with Crippen molar-refractivity contribution in [2.24, 2.45) is 0 Å². The van der Waals surface area contributed by atoms with E-state index < -0.39 is 0 Å². The molecular formula is C4H7ClN4O. The first-order valence-corrected chi connectivity index (χ1v) is 2.29. The maximum Gasteiger partial charge on any atom is 0.236 e. The van der Waals surface area contributed by atoms with Gasteiger partial charge in [0.1, 0.15) is 0 Å². The normalized spacial score (nSPS) is 8.40. The quantitative estimate of drug-likeness (QED) is 0.454. The lowest BCUT2D eigenvalue weighted by Crippen LogP contribution is -2.20. The Hall–Kier alpha value is -1.23. The summed E-state index contributed by atoms with van der Waals surface area (Å²) in [6, 6.07) is 1.33. The van der Waals surface area contributed by atoms with Gasteiger partial charge in [-0.1, -0.05) is 0 Å². The second-order valence-electron chi connectivity index (χ2n) is 1.50. The number of anilines is 1. The van der Waals surface area contributed by atoms with Gasteiger partial charge in [-0.05, 0) is 0 Å². The van der Waals surface area contributed by atoms with E-state index in [-0.39, 0.29) is 23.8 Å². The number of halogens is 1. The molecule has 0 aromatic carbocycles. The Labute approximate surface area is 63.0 Å². The first kappa shape index (κ1) is 8.77.